The summed E-state index contributed by atoms with van der Waals surface area (Å²) < 4.78 is 0. The van der Waals surface area contributed by atoms with Crippen LogP contribution in [0.15, 0.2) is 36.0 Å². The van der Waals surface area contributed by atoms with Crippen LogP contribution in [0.4, 0.5) is 4.79 Å². The molecule has 0 spiro atoms. The second-order valence-electron chi connectivity index (χ2n) is 3.99. The maximum atomic E-state index is 11.7. The van der Waals surface area contributed by atoms with Crippen molar-refractivity contribution in [2.45, 2.75) is 6.42 Å². The van der Waals surface area contributed by atoms with Crippen molar-refractivity contribution in [3.05, 3.63) is 41.6 Å². The Morgan fingerprint density at radius 2 is 1.95 bits per heavy atom. The zero-order valence-corrected chi connectivity index (χ0v) is 10.00. The van der Waals surface area contributed by atoms with Crippen molar-refractivity contribution in [2.75, 3.05) is 6.54 Å². The molecule has 0 aliphatic carbocycles. The number of benzene rings is 1. The molecule has 0 unspecified atom stereocenters. The fraction of sp³-hybridized carbons (Fsp3) is 0.154. The van der Waals surface area contributed by atoms with E-state index in [1.807, 2.05) is 18.2 Å². The number of hydrogen-bond donors (Lipinski definition) is 2. The molecular formula is C13H12N2O4. The van der Waals surface area contributed by atoms with Crippen LogP contribution >= 0.6 is 0 Å². The summed E-state index contributed by atoms with van der Waals surface area (Å²) in [7, 11) is 0. The molecule has 0 atom stereocenters. The molecule has 1 saturated heterocycles. The number of carbonyl (C=O) groups excluding carboxylic acids is 2. The van der Waals surface area contributed by atoms with E-state index >= 15 is 0 Å². The van der Waals surface area contributed by atoms with E-state index in [2.05, 4.69) is 5.32 Å². The fourth-order valence-electron chi connectivity index (χ4n) is 1.74. The summed E-state index contributed by atoms with van der Waals surface area (Å²) in [6.07, 6.45) is 1.34. The Morgan fingerprint density at radius 1 is 1.26 bits per heavy atom. The van der Waals surface area contributed by atoms with E-state index in [9.17, 15) is 14.4 Å². The van der Waals surface area contributed by atoms with Crippen molar-refractivity contribution in [2.24, 2.45) is 0 Å². The number of hydrogen-bond acceptors (Lipinski definition) is 3. The molecule has 0 radical (unpaired) electrons. The van der Waals surface area contributed by atoms with Gasteiger partial charge in [0.25, 0.3) is 5.91 Å². The Morgan fingerprint density at radius 3 is 2.58 bits per heavy atom. The highest BCUT2D eigenvalue weighted by Crippen LogP contribution is 2.17. The van der Waals surface area contributed by atoms with Gasteiger partial charge in [-0.3, -0.25) is 19.8 Å². The molecule has 0 aromatic heterocycles. The lowest BCUT2D eigenvalue weighted by Crippen LogP contribution is -2.29. The highest BCUT2D eigenvalue weighted by atomic mass is 16.4. The van der Waals surface area contributed by atoms with Gasteiger partial charge in [-0.05, 0) is 11.6 Å². The molecule has 1 aromatic rings. The maximum Gasteiger partial charge on any atom is 0.329 e. The number of urea groups is 1. The lowest BCUT2D eigenvalue weighted by atomic mass is 10.2. The third-order valence-electron chi connectivity index (χ3n) is 2.64. The number of carboxylic acid groups (broad SMARTS) is 1. The standard InChI is InChI=1S/C13H12N2O4/c16-11(17)6-7-15-10(12(18)14-13(15)19)8-9-4-2-1-3-5-9/h1-5,8H,6-7H2,(H,16,17)(H,14,18,19). The first-order valence-corrected chi connectivity index (χ1v) is 5.69. The van der Waals surface area contributed by atoms with Crippen molar-refractivity contribution >= 4 is 24.0 Å². The minimum absolute atomic E-state index is 0.0361. The van der Waals surface area contributed by atoms with Crippen molar-refractivity contribution in [3.8, 4) is 0 Å². The van der Waals surface area contributed by atoms with Gasteiger partial charge in [-0.15, -0.1) is 0 Å². The average Bonchev–Trinajstić information content (AvgIpc) is 2.63. The van der Waals surface area contributed by atoms with E-state index in [0.29, 0.717) is 0 Å². The van der Waals surface area contributed by atoms with Crippen LogP contribution in [0.5, 0.6) is 0 Å². The SMILES string of the molecule is O=C(O)CCN1C(=O)NC(=O)C1=Cc1ccccc1. The molecular weight excluding hydrogens is 248 g/mol. The molecule has 0 saturated carbocycles. The Balaban J connectivity index is 2.25. The number of aliphatic carboxylic acids is 1. The van der Waals surface area contributed by atoms with Gasteiger partial charge in [0.05, 0.1) is 6.42 Å². The van der Waals surface area contributed by atoms with E-state index in [1.54, 1.807) is 18.2 Å². The average molecular weight is 260 g/mol. The number of carbonyl (C=O) groups is 3. The molecule has 6 nitrogen and oxygen atoms in total. The molecule has 3 amide bonds. The smallest absolute Gasteiger partial charge is 0.329 e. The largest absolute Gasteiger partial charge is 0.481 e. The third kappa shape index (κ3) is 2.98. The second kappa shape index (κ2) is 5.34. The van der Waals surface area contributed by atoms with Crippen LogP contribution in [0.25, 0.3) is 6.08 Å². The predicted octanol–water partition coefficient (Wildman–Crippen LogP) is 1.05. The monoisotopic (exact) mass is 260 g/mol. The van der Waals surface area contributed by atoms with E-state index < -0.39 is 17.9 Å². The van der Waals surface area contributed by atoms with Crippen LogP contribution in [0, 0.1) is 0 Å². The molecule has 1 aliphatic rings. The van der Waals surface area contributed by atoms with Gasteiger partial charge in [0.1, 0.15) is 5.70 Å². The predicted molar refractivity (Wildman–Crippen MR) is 66.9 cm³/mol. The van der Waals surface area contributed by atoms with Gasteiger partial charge in [-0.25, -0.2) is 4.79 Å². The normalized spacial score (nSPS) is 16.8. The van der Waals surface area contributed by atoms with Gasteiger partial charge in [-0.1, -0.05) is 30.3 Å². The molecule has 1 heterocycles. The molecule has 1 aliphatic heterocycles. The van der Waals surface area contributed by atoms with Gasteiger partial charge < -0.3 is 5.11 Å². The zero-order chi connectivity index (χ0) is 13.8. The van der Waals surface area contributed by atoms with Crippen LogP contribution in [-0.4, -0.2) is 34.5 Å². The molecule has 2 N–H and O–H groups in total. The summed E-state index contributed by atoms with van der Waals surface area (Å²) in [6.45, 7) is -0.0361. The lowest BCUT2D eigenvalue weighted by molar-refractivity contribution is -0.137. The summed E-state index contributed by atoms with van der Waals surface area (Å²) in [5.41, 5.74) is 0.931. The molecule has 6 heteroatoms. The van der Waals surface area contributed by atoms with Gasteiger partial charge in [0.2, 0.25) is 0 Å². The topological polar surface area (TPSA) is 86.7 Å². The Kier molecular flexibility index (Phi) is 3.61. The number of nitrogens with zero attached hydrogens (tertiary/aromatic N) is 1. The number of nitrogens with one attached hydrogen (secondary N) is 1. The first-order chi connectivity index (χ1) is 9.08. The van der Waals surface area contributed by atoms with E-state index in [4.69, 9.17) is 5.11 Å². The van der Waals surface area contributed by atoms with Crippen molar-refractivity contribution in [1.29, 1.82) is 0 Å². The highest BCUT2D eigenvalue weighted by molar-refractivity contribution is 6.14. The van der Waals surface area contributed by atoms with Crippen LogP contribution in [0.2, 0.25) is 0 Å². The van der Waals surface area contributed by atoms with E-state index in [0.717, 1.165) is 10.5 Å². The maximum absolute atomic E-state index is 11.7. The summed E-state index contributed by atoms with van der Waals surface area (Å²) in [6, 6.07) is 8.44. The van der Waals surface area contributed by atoms with Gasteiger partial charge >= 0.3 is 12.0 Å². The van der Waals surface area contributed by atoms with Crippen LogP contribution in [0.3, 0.4) is 0 Å². The Labute approximate surface area is 109 Å². The number of imide groups is 1. The molecule has 19 heavy (non-hydrogen) atoms. The highest BCUT2D eigenvalue weighted by Gasteiger charge is 2.32. The molecule has 1 fully saturated rings. The van der Waals surface area contributed by atoms with Gasteiger partial charge in [0.15, 0.2) is 0 Å². The minimum Gasteiger partial charge on any atom is -0.481 e. The number of carboxylic acids is 1. The number of rotatable bonds is 4. The summed E-state index contributed by atoms with van der Waals surface area (Å²) in [5, 5.41) is 10.8. The van der Waals surface area contributed by atoms with Gasteiger partial charge in [-0.2, -0.15) is 0 Å². The first-order valence-electron chi connectivity index (χ1n) is 5.69. The molecule has 1 aromatic carbocycles. The fourth-order valence-corrected chi connectivity index (χ4v) is 1.74. The minimum atomic E-state index is -1.02. The number of amides is 3. The quantitative estimate of drug-likeness (QED) is 0.626. The molecule has 98 valence electrons. The molecule has 0 bridgehead atoms. The molecule has 2 rings (SSSR count). The second-order valence-corrected chi connectivity index (χ2v) is 3.99. The van der Waals surface area contributed by atoms with E-state index in [-0.39, 0.29) is 18.7 Å². The first kappa shape index (κ1) is 12.8. The van der Waals surface area contributed by atoms with Crippen molar-refractivity contribution in [1.82, 2.24) is 10.2 Å². The summed E-state index contributed by atoms with van der Waals surface area (Å²) >= 11 is 0. The third-order valence-corrected chi connectivity index (χ3v) is 2.64. The van der Waals surface area contributed by atoms with Crippen LogP contribution in [-0.2, 0) is 9.59 Å². The van der Waals surface area contributed by atoms with Crippen LogP contribution in [0.1, 0.15) is 12.0 Å². The summed E-state index contributed by atoms with van der Waals surface area (Å²) in [4.78, 5) is 34.9. The van der Waals surface area contributed by atoms with Crippen LogP contribution < -0.4 is 5.32 Å². The van der Waals surface area contributed by atoms with E-state index in [1.165, 1.54) is 0 Å². The lowest BCUT2D eigenvalue weighted by Gasteiger charge is -2.13. The van der Waals surface area contributed by atoms with Crippen molar-refractivity contribution < 1.29 is 19.5 Å². The zero-order valence-electron chi connectivity index (χ0n) is 10.00. The van der Waals surface area contributed by atoms with Crippen molar-refractivity contribution in [3.63, 3.8) is 0 Å². The Bertz CT molecular complexity index is 551. The summed E-state index contributed by atoms with van der Waals surface area (Å²) in [5.74, 6) is -1.54. The van der Waals surface area contributed by atoms with Gasteiger partial charge in [0, 0.05) is 6.54 Å². The Hall–Kier alpha value is -2.63.